The predicted octanol–water partition coefficient (Wildman–Crippen LogP) is 3.21. The molecule has 0 spiro atoms. The predicted molar refractivity (Wildman–Crippen MR) is 79.5 cm³/mol. The number of rotatable bonds is 8. The average Bonchev–Trinajstić information content (AvgIpc) is 2.43. The van der Waals surface area contributed by atoms with Crippen molar-refractivity contribution in [2.75, 3.05) is 11.9 Å². The van der Waals surface area contributed by atoms with E-state index in [1.807, 2.05) is 13.0 Å². The first-order chi connectivity index (χ1) is 9.17. The molecule has 106 valence electrons. The van der Waals surface area contributed by atoms with Gasteiger partial charge >= 0.3 is 0 Å². The molecule has 1 heterocycles. The Morgan fingerprint density at radius 1 is 1.32 bits per heavy atom. The summed E-state index contributed by atoms with van der Waals surface area (Å²) in [7, 11) is 0. The smallest absolute Gasteiger partial charge is 0.270 e. The second-order valence-corrected chi connectivity index (χ2v) is 4.88. The molecule has 1 amide bonds. The Hall–Kier alpha value is -1.58. The molecule has 1 aromatic rings. The maximum absolute atomic E-state index is 11.9. The van der Waals surface area contributed by atoms with Crippen LogP contribution in [0, 0.1) is 0 Å². The van der Waals surface area contributed by atoms with Gasteiger partial charge in [0.1, 0.15) is 5.69 Å². The van der Waals surface area contributed by atoms with Crippen molar-refractivity contribution in [1.82, 2.24) is 10.3 Å². The van der Waals surface area contributed by atoms with Gasteiger partial charge in [0.2, 0.25) is 0 Å². The lowest BCUT2D eigenvalue weighted by Crippen LogP contribution is -2.33. The molecule has 4 nitrogen and oxygen atoms in total. The summed E-state index contributed by atoms with van der Waals surface area (Å²) >= 11 is 0. The Morgan fingerprint density at radius 3 is 2.68 bits per heavy atom. The first-order valence-electron chi connectivity index (χ1n) is 7.18. The lowest BCUT2D eigenvalue weighted by atomic mass is 10.1. The molecule has 0 aliphatic heterocycles. The van der Waals surface area contributed by atoms with Crippen molar-refractivity contribution in [1.29, 1.82) is 0 Å². The number of amides is 1. The number of nitrogens with zero attached hydrogens (tertiary/aromatic N) is 1. The van der Waals surface area contributed by atoms with Gasteiger partial charge in [-0.15, -0.1) is 0 Å². The zero-order chi connectivity index (χ0) is 14.1. The van der Waals surface area contributed by atoms with E-state index in [2.05, 4.69) is 29.5 Å². The Kier molecular flexibility index (Phi) is 6.93. The molecule has 0 saturated carbocycles. The lowest BCUT2D eigenvalue weighted by molar-refractivity contribution is 0.0933. The van der Waals surface area contributed by atoms with Crippen LogP contribution in [0.15, 0.2) is 18.3 Å². The van der Waals surface area contributed by atoms with Crippen LogP contribution in [0.5, 0.6) is 0 Å². The van der Waals surface area contributed by atoms with E-state index in [1.54, 1.807) is 12.3 Å². The highest BCUT2D eigenvalue weighted by Gasteiger charge is 2.10. The van der Waals surface area contributed by atoms with E-state index in [-0.39, 0.29) is 11.9 Å². The maximum Gasteiger partial charge on any atom is 0.270 e. The van der Waals surface area contributed by atoms with Crippen molar-refractivity contribution >= 4 is 11.6 Å². The summed E-state index contributed by atoms with van der Waals surface area (Å²) < 4.78 is 0. The van der Waals surface area contributed by atoms with Gasteiger partial charge in [-0.3, -0.25) is 4.79 Å². The molecule has 0 aliphatic rings. The second-order valence-electron chi connectivity index (χ2n) is 4.88. The molecule has 1 rings (SSSR count). The van der Waals surface area contributed by atoms with Crippen molar-refractivity contribution < 1.29 is 4.79 Å². The van der Waals surface area contributed by atoms with Crippen LogP contribution in [0.2, 0.25) is 0 Å². The van der Waals surface area contributed by atoms with E-state index in [9.17, 15) is 4.79 Å². The number of pyridine rings is 1. The molecule has 0 aliphatic carbocycles. The molecule has 2 N–H and O–H groups in total. The van der Waals surface area contributed by atoms with Crippen molar-refractivity contribution in [2.45, 2.75) is 52.5 Å². The van der Waals surface area contributed by atoms with Crippen LogP contribution < -0.4 is 10.6 Å². The monoisotopic (exact) mass is 263 g/mol. The van der Waals surface area contributed by atoms with E-state index in [1.165, 1.54) is 0 Å². The Balaban J connectivity index is 2.48. The summed E-state index contributed by atoms with van der Waals surface area (Å²) in [6.07, 6.45) is 6.07. The van der Waals surface area contributed by atoms with E-state index in [0.717, 1.165) is 37.9 Å². The number of hydrogen-bond acceptors (Lipinski definition) is 3. The fraction of sp³-hybridized carbons (Fsp3) is 0.600. The summed E-state index contributed by atoms with van der Waals surface area (Å²) in [4.78, 5) is 16.1. The van der Waals surface area contributed by atoms with Crippen molar-refractivity contribution in [2.24, 2.45) is 0 Å². The summed E-state index contributed by atoms with van der Waals surface area (Å²) in [6.45, 7) is 7.21. The molecule has 19 heavy (non-hydrogen) atoms. The van der Waals surface area contributed by atoms with Gasteiger partial charge in [0.15, 0.2) is 0 Å². The molecule has 1 atom stereocenters. The topological polar surface area (TPSA) is 54.0 Å². The Labute approximate surface area is 116 Å². The number of unbranched alkanes of at least 4 members (excludes halogenated alkanes) is 1. The van der Waals surface area contributed by atoms with Crippen molar-refractivity contribution in [3.63, 3.8) is 0 Å². The molecule has 4 heteroatoms. The molecular weight excluding hydrogens is 238 g/mol. The van der Waals surface area contributed by atoms with Gasteiger partial charge < -0.3 is 10.6 Å². The third-order valence-corrected chi connectivity index (χ3v) is 2.94. The molecular formula is C15H25N3O. The van der Waals surface area contributed by atoms with E-state index < -0.39 is 0 Å². The van der Waals surface area contributed by atoms with Gasteiger partial charge in [0.25, 0.3) is 5.91 Å². The first kappa shape index (κ1) is 15.5. The Bertz CT molecular complexity index is 375. The van der Waals surface area contributed by atoms with Crippen molar-refractivity contribution in [3.05, 3.63) is 24.0 Å². The van der Waals surface area contributed by atoms with Crippen LogP contribution in [0.25, 0.3) is 0 Å². The summed E-state index contributed by atoms with van der Waals surface area (Å²) in [5, 5.41) is 6.21. The highest BCUT2D eigenvalue weighted by Crippen LogP contribution is 2.07. The van der Waals surface area contributed by atoms with Crippen LogP contribution >= 0.6 is 0 Å². The highest BCUT2D eigenvalue weighted by atomic mass is 16.1. The zero-order valence-electron chi connectivity index (χ0n) is 12.2. The SMILES string of the molecule is CCCCC(C)NC(=O)c1ccc(NCCC)cn1. The van der Waals surface area contributed by atoms with Gasteiger partial charge in [-0.2, -0.15) is 0 Å². The van der Waals surface area contributed by atoms with E-state index in [4.69, 9.17) is 0 Å². The Morgan fingerprint density at radius 2 is 2.11 bits per heavy atom. The normalized spacial score (nSPS) is 11.9. The van der Waals surface area contributed by atoms with Crippen LogP contribution in [-0.4, -0.2) is 23.5 Å². The molecule has 0 aromatic carbocycles. The minimum absolute atomic E-state index is 0.0920. The van der Waals surface area contributed by atoms with Gasteiger partial charge in [-0.1, -0.05) is 26.7 Å². The number of anilines is 1. The minimum atomic E-state index is -0.0920. The maximum atomic E-state index is 11.9. The van der Waals surface area contributed by atoms with E-state index in [0.29, 0.717) is 5.69 Å². The number of carbonyl (C=O) groups excluding carboxylic acids is 1. The fourth-order valence-electron chi connectivity index (χ4n) is 1.78. The van der Waals surface area contributed by atoms with Gasteiger partial charge in [0, 0.05) is 12.6 Å². The van der Waals surface area contributed by atoms with Crippen LogP contribution in [0.1, 0.15) is 56.9 Å². The molecule has 1 unspecified atom stereocenters. The largest absolute Gasteiger partial charge is 0.384 e. The highest BCUT2D eigenvalue weighted by molar-refractivity contribution is 5.92. The lowest BCUT2D eigenvalue weighted by Gasteiger charge is -2.13. The van der Waals surface area contributed by atoms with Crippen LogP contribution in [-0.2, 0) is 0 Å². The molecule has 0 fully saturated rings. The minimum Gasteiger partial charge on any atom is -0.384 e. The summed E-state index contributed by atoms with van der Waals surface area (Å²) in [5.41, 5.74) is 1.43. The number of aromatic nitrogens is 1. The van der Waals surface area contributed by atoms with Crippen LogP contribution in [0.3, 0.4) is 0 Å². The fourth-order valence-corrected chi connectivity index (χ4v) is 1.78. The molecule has 0 bridgehead atoms. The molecule has 0 saturated heterocycles. The third kappa shape index (κ3) is 5.73. The number of hydrogen-bond donors (Lipinski definition) is 2. The summed E-state index contributed by atoms with van der Waals surface area (Å²) in [6, 6.07) is 3.86. The van der Waals surface area contributed by atoms with Crippen LogP contribution in [0.4, 0.5) is 5.69 Å². The first-order valence-corrected chi connectivity index (χ1v) is 7.18. The van der Waals surface area contributed by atoms with Gasteiger partial charge in [0.05, 0.1) is 11.9 Å². The second kappa shape index (κ2) is 8.51. The average molecular weight is 263 g/mol. The van der Waals surface area contributed by atoms with Crippen molar-refractivity contribution in [3.8, 4) is 0 Å². The third-order valence-electron chi connectivity index (χ3n) is 2.94. The quantitative estimate of drug-likeness (QED) is 0.757. The van der Waals surface area contributed by atoms with Gasteiger partial charge in [-0.05, 0) is 31.9 Å². The van der Waals surface area contributed by atoms with E-state index >= 15 is 0 Å². The van der Waals surface area contributed by atoms with Gasteiger partial charge in [-0.25, -0.2) is 4.98 Å². The summed E-state index contributed by atoms with van der Waals surface area (Å²) in [5.74, 6) is -0.0920. The standard InChI is InChI=1S/C15H25N3O/c1-4-6-7-12(3)18-15(19)14-9-8-13(11-17-14)16-10-5-2/h8-9,11-12,16H,4-7,10H2,1-3H3,(H,18,19). The molecule has 1 aromatic heterocycles. The number of carbonyl (C=O) groups is 1. The molecule has 0 radical (unpaired) electrons. The zero-order valence-corrected chi connectivity index (χ0v) is 12.2. The number of nitrogens with one attached hydrogen (secondary N) is 2.